The maximum atomic E-state index is 14.9. The summed E-state index contributed by atoms with van der Waals surface area (Å²) in [5.74, 6) is -2.84. The Labute approximate surface area is 359 Å². The summed E-state index contributed by atoms with van der Waals surface area (Å²) >= 11 is 0. The fraction of sp³-hybridized carbons (Fsp3) is 0.489. The van der Waals surface area contributed by atoms with Gasteiger partial charge in [0.1, 0.15) is 10.6 Å². The van der Waals surface area contributed by atoms with Gasteiger partial charge in [-0.05, 0) is 55.7 Å². The quantitative estimate of drug-likeness (QED) is 0.0506. The summed E-state index contributed by atoms with van der Waals surface area (Å²) in [7, 11) is -1.83. The van der Waals surface area contributed by atoms with Crippen LogP contribution in [0.15, 0.2) is 82.7 Å². The Morgan fingerprint density at radius 2 is 1.48 bits per heavy atom. The van der Waals surface area contributed by atoms with Gasteiger partial charge in [-0.25, -0.2) is 27.9 Å². The highest BCUT2D eigenvalue weighted by Crippen LogP contribution is 2.36. The average molecular weight is 862 g/mol. The standard InChI is InChI=1S/C45H59N5O10S/c1-5-7-8-9-10-11-12-13-14-20-29-59-30-21-28-49-40(46-35-24-18-19-25-38(35)61(49,55)56)39(41(51)47-36-31-34(44(53)58-4)26-27-37(36)57-3)50-42(52)43(60-6-2)48(45(50)54)32-33-22-16-15-17-23-33/h15-19,22-27,31,39,43H,5-14,20-21,28-30,32H2,1-4H3,(H,47,51). The van der Waals surface area contributed by atoms with Crippen LogP contribution in [0.5, 0.6) is 5.75 Å². The number of urea groups is 1. The van der Waals surface area contributed by atoms with Crippen LogP contribution in [0, 0.1) is 0 Å². The van der Waals surface area contributed by atoms with Gasteiger partial charge in [-0.3, -0.25) is 18.8 Å². The van der Waals surface area contributed by atoms with Crippen LogP contribution < -0.4 is 10.1 Å². The third kappa shape index (κ3) is 11.7. The van der Waals surface area contributed by atoms with E-state index in [2.05, 4.69) is 12.2 Å². The van der Waals surface area contributed by atoms with Crippen LogP contribution in [-0.4, -0.2) is 105 Å². The molecule has 3 aromatic rings. The molecule has 0 radical (unpaired) electrons. The molecule has 330 valence electrons. The third-order valence-electron chi connectivity index (χ3n) is 10.5. The molecule has 2 aliphatic rings. The zero-order valence-corrected chi connectivity index (χ0v) is 36.5. The lowest BCUT2D eigenvalue weighted by atomic mass is 10.1. The second-order valence-electron chi connectivity index (χ2n) is 14.9. The van der Waals surface area contributed by atoms with Crippen molar-refractivity contribution in [1.82, 2.24) is 14.1 Å². The molecule has 0 bridgehead atoms. The predicted octanol–water partition coefficient (Wildman–Crippen LogP) is 7.68. The molecule has 4 amide bonds. The van der Waals surface area contributed by atoms with Crippen molar-refractivity contribution in [1.29, 1.82) is 0 Å². The van der Waals surface area contributed by atoms with Crippen LogP contribution in [-0.2, 0) is 40.4 Å². The molecule has 5 rings (SSSR count). The summed E-state index contributed by atoms with van der Waals surface area (Å²) in [6, 6.07) is 16.4. The van der Waals surface area contributed by atoms with E-state index in [1.807, 2.05) is 6.07 Å². The SMILES string of the molecule is CCCCCCCCCCCCOCCCN1C(C(C(=O)Nc2cc(C(=O)OC)ccc2OC)N2C(=O)C(OCC)N(Cc3ccccc3)C2=O)=Nc2ccccc2S1(=O)=O. The lowest BCUT2D eigenvalue weighted by molar-refractivity contribution is -0.144. The van der Waals surface area contributed by atoms with E-state index in [9.17, 15) is 27.6 Å². The Morgan fingerprint density at radius 3 is 2.15 bits per heavy atom. The normalized spacial score (nSPS) is 16.3. The molecule has 1 saturated heterocycles. The van der Waals surface area contributed by atoms with E-state index in [0.717, 1.165) is 23.6 Å². The van der Waals surface area contributed by atoms with Crippen molar-refractivity contribution in [2.75, 3.05) is 45.9 Å². The number of benzene rings is 3. The first-order chi connectivity index (χ1) is 29.6. The van der Waals surface area contributed by atoms with Gasteiger partial charge in [0.2, 0.25) is 6.23 Å². The molecule has 1 fully saturated rings. The Kier molecular flexibility index (Phi) is 17.7. The molecule has 0 aromatic heterocycles. The van der Waals surface area contributed by atoms with Crippen molar-refractivity contribution < 1.29 is 46.5 Å². The number of aliphatic imine (C=N–C) groups is 1. The van der Waals surface area contributed by atoms with Gasteiger partial charge in [0.25, 0.3) is 21.8 Å². The molecule has 0 aliphatic carbocycles. The van der Waals surface area contributed by atoms with Gasteiger partial charge in [0.05, 0.1) is 37.7 Å². The first-order valence-electron chi connectivity index (χ1n) is 21.2. The van der Waals surface area contributed by atoms with Crippen LogP contribution >= 0.6 is 0 Å². The number of fused-ring (bicyclic) bond motifs is 1. The number of unbranched alkanes of at least 4 members (excludes halogenated alkanes) is 9. The molecule has 0 spiro atoms. The van der Waals surface area contributed by atoms with Gasteiger partial charge in [-0.2, -0.15) is 0 Å². The largest absolute Gasteiger partial charge is 0.495 e. The van der Waals surface area contributed by atoms with Gasteiger partial charge in [0, 0.05) is 26.4 Å². The topological polar surface area (TPSA) is 173 Å². The summed E-state index contributed by atoms with van der Waals surface area (Å²) in [6.07, 6.45) is 10.6. The minimum atomic E-state index is -4.40. The molecule has 1 N–H and O–H groups in total. The number of hydrogen-bond acceptors (Lipinski definition) is 11. The number of nitrogens with zero attached hydrogens (tertiary/aromatic N) is 4. The average Bonchev–Trinajstić information content (AvgIpc) is 3.48. The number of para-hydroxylation sites is 1. The van der Waals surface area contributed by atoms with E-state index in [-0.39, 0.29) is 66.1 Å². The Hall–Kier alpha value is -5.32. The fourth-order valence-corrected chi connectivity index (χ4v) is 9.02. The Morgan fingerprint density at radius 1 is 0.820 bits per heavy atom. The van der Waals surface area contributed by atoms with Gasteiger partial charge in [-0.15, -0.1) is 0 Å². The van der Waals surface area contributed by atoms with Crippen molar-refractivity contribution in [2.24, 2.45) is 4.99 Å². The van der Waals surface area contributed by atoms with Crippen LogP contribution in [0.3, 0.4) is 0 Å². The van der Waals surface area contributed by atoms with E-state index in [1.54, 1.807) is 43.3 Å². The van der Waals surface area contributed by atoms with Crippen molar-refractivity contribution >= 4 is 51.0 Å². The molecule has 3 aromatic carbocycles. The van der Waals surface area contributed by atoms with Crippen LogP contribution in [0.4, 0.5) is 16.2 Å². The second kappa shape index (κ2) is 23.0. The Balaban J connectivity index is 1.45. The molecule has 2 heterocycles. The van der Waals surface area contributed by atoms with Gasteiger partial charge in [-0.1, -0.05) is 107 Å². The molecular formula is C45H59N5O10S. The highest BCUT2D eigenvalue weighted by molar-refractivity contribution is 7.90. The lowest BCUT2D eigenvalue weighted by Gasteiger charge is -2.35. The number of methoxy groups -OCH3 is 2. The van der Waals surface area contributed by atoms with E-state index < -0.39 is 46.1 Å². The van der Waals surface area contributed by atoms with Gasteiger partial charge < -0.3 is 24.3 Å². The lowest BCUT2D eigenvalue weighted by Crippen LogP contribution is -2.59. The summed E-state index contributed by atoms with van der Waals surface area (Å²) in [4.78, 5) is 63.0. The number of esters is 1. The van der Waals surface area contributed by atoms with E-state index in [0.29, 0.717) is 17.1 Å². The fourth-order valence-electron chi connectivity index (χ4n) is 7.40. The minimum Gasteiger partial charge on any atom is -0.495 e. The van der Waals surface area contributed by atoms with Crippen molar-refractivity contribution in [3.63, 3.8) is 0 Å². The predicted molar refractivity (Wildman–Crippen MR) is 231 cm³/mol. The van der Waals surface area contributed by atoms with E-state index in [4.69, 9.17) is 23.9 Å². The number of anilines is 1. The number of nitrogens with one attached hydrogen (secondary N) is 1. The highest BCUT2D eigenvalue weighted by Gasteiger charge is 2.54. The molecule has 0 saturated carbocycles. The van der Waals surface area contributed by atoms with Gasteiger partial charge >= 0.3 is 12.0 Å². The molecule has 2 atom stereocenters. The molecule has 16 heteroatoms. The highest BCUT2D eigenvalue weighted by atomic mass is 32.2. The molecule has 15 nitrogen and oxygen atoms in total. The first kappa shape index (κ1) is 46.7. The van der Waals surface area contributed by atoms with E-state index in [1.165, 1.54) is 94.4 Å². The second-order valence-corrected chi connectivity index (χ2v) is 16.7. The minimum absolute atomic E-state index is 0.00594. The van der Waals surface area contributed by atoms with E-state index >= 15 is 0 Å². The summed E-state index contributed by atoms with van der Waals surface area (Å²) in [5, 5.41) is 2.70. The molecule has 61 heavy (non-hydrogen) atoms. The number of amides is 4. The zero-order valence-electron chi connectivity index (χ0n) is 35.7. The number of ether oxygens (including phenoxy) is 4. The van der Waals surface area contributed by atoms with Gasteiger partial charge in [0.15, 0.2) is 11.9 Å². The summed E-state index contributed by atoms with van der Waals surface area (Å²) in [5.41, 5.74) is 0.774. The third-order valence-corrected chi connectivity index (χ3v) is 12.4. The van der Waals surface area contributed by atoms with Crippen LogP contribution in [0.25, 0.3) is 0 Å². The molecular weight excluding hydrogens is 803 g/mol. The smallest absolute Gasteiger partial charge is 0.337 e. The monoisotopic (exact) mass is 861 g/mol. The maximum Gasteiger partial charge on any atom is 0.337 e. The number of sulfonamides is 1. The maximum absolute atomic E-state index is 14.9. The number of hydrogen-bond donors (Lipinski definition) is 1. The van der Waals surface area contributed by atoms with Crippen LogP contribution in [0.1, 0.15) is 100 Å². The Bertz CT molecular complexity index is 2100. The van der Waals surface area contributed by atoms with Crippen molar-refractivity contribution in [2.45, 2.75) is 108 Å². The number of imide groups is 1. The van der Waals surface area contributed by atoms with Crippen molar-refractivity contribution in [3.8, 4) is 5.75 Å². The number of carbonyl (C=O) groups is 4. The number of carbonyl (C=O) groups excluding carboxylic acids is 4. The first-order valence-corrected chi connectivity index (χ1v) is 22.7. The zero-order chi connectivity index (χ0) is 43.8. The molecule has 2 unspecified atom stereocenters. The molecule has 2 aliphatic heterocycles. The number of rotatable bonds is 25. The van der Waals surface area contributed by atoms with Crippen LogP contribution in [0.2, 0.25) is 0 Å². The number of amidine groups is 1. The van der Waals surface area contributed by atoms with Crippen molar-refractivity contribution in [3.05, 3.63) is 83.9 Å². The summed E-state index contributed by atoms with van der Waals surface area (Å²) in [6.45, 7) is 4.42. The summed E-state index contributed by atoms with van der Waals surface area (Å²) < 4.78 is 52.2.